The summed E-state index contributed by atoms with van der Waals surface area (Å²) >= 11 is 0. The van der Waals surface area contributed by atoms with E-state index in [9.17, 15) is 9.90 Å². The third kappa shape index (κ3) is 3.98. The lowest BCUT2D eigenvalue weighted by atomic mass is 9.95. The number of rotatable bonds is 9. The summed E-state index contributed by atoms with van der Waals surface area (Å²) in [5.41, 5.74) is 1.73. The first-order valence-corrected chi connectivity index (χ1v) is 9.47. The third-order valence-corrected chi connectivity index (χ3v) is 4.97. The van der Waals surface area contributed by atoms with Crippen molar-refractivity contribution in [2.24, 2.45) is 0 Å². The number of hydrogen-bond donors (Lipinski definition) is 1. The number of benzene rings is 1. The van der Waals surface area contributed by atoms with Crippen LogP contribution in [0.15, 0.2) is 54.8 Å². The predicted octanol–water partition coefficient (Wildman–Crippen LogP) is 4.03. The zero-order valence-electron chi connectivity index (χ0n) is 15.3. The van der Waals surface area contributed by atoms with Crippen LogP contribution in [0.25, 0.3) is 5.57 Å². The van der Waals surface area contributed by atoms with Crippen molar-refractivity contribution < 1.29 is 9.90 Å². The minimum Gasteiger partial charge on any atom is -0.503 e. The Hall–Kier alpha value is -2.56. The van der Waals surface area contributed by atoms with Crippen LogP contribution in [0.1, 0.15) is 44.6 Å². The van der Waals surface area contributed by atoms with Gasteiger partial charge in [0.15, 0.2) is 5.76 Å². The van der Waals surface area contributed by atoms with Gasteiger partial charge in [-0.15, -0.1) is 0 Å². The third-order valence-electron chi connectivity index (χ3n) is 4.97. The van der Waals surface area contributed by atoms with Crippen LogP contribution in [0.4, 0.5) is 0 Å². The molecule has 2 heterocycles. The molecule has 138 valence electrons. The largest absolute Gasteiger partial charge is 0.503 e. The van der Waals surface area contributed by atoms with Crippen molar-refractivity contribution in [2.75, 3.05) is 6.54 Å². The number of carbonyl (C=O) groups excluding carboxylic acids is 1. The molecular formula is C21H27N3O2. The number of nitrogens with zero attached hydrogens (tertiary/aromatic N) is 3. The minimum absolute atomic E-state index is 0.0424. The first kappa shape index (κ1) is 18.2. The van der Waals surface area contributed by atoms with Crippen LogP contribution in [-0.4, -0.2) is 38.1 Å². The normalized spacial score (nSPS) is 17.3. The van der Waals surface area contributed by atoms with Crippen molar-refractivity contribution >= 4 is 11.5 Å². The Morgan fingerprint density at radius 1 is 1.12 bits per heavy atom. The molecule has 1 aromatic carbocycles. The number of imidazole rings is 1. The molecule has 1 N–H and O–H groups in total. The second-order valence-electron chi connectivity index (χ2n) is 6.79. The summed E-state index contributed by atoms with van der Waals surface area (Å²) in [5.74, 6) is -0.323. The quantitative estimate of drug-likeness (QED) is 0.692. The number of amides is 1. The van der Waals surface area contributed by atoms with E-state index in [1.54, 1.807) is 12.5 Å². The molecule has 0 aliphatic carbocycles. The zero-order chi connectivity index (χ0) is 18.4. The minimum atomic E-state index is -0.240. The van der Waals surface area contributed by atoms with E-state index in [1.807, 2.05) is 46.0 Å². The lowest BCUT2D eigenvalue weighted by Gasteiger charge is -2.27. The molecule has 1 aromatic heterocycles. The molecule has 3 rings (SSSR count). The highest BCUT2D eigenvalue weighted by Crippen LogP contribution is 2.35. The van der Waals surface area contributed by atoms with Crippen molar-refractivity contribution in [1.82, 2.24) is 14.5 Å². The number of carbonyl (C=O) groups is 1. The van der Waals surface area contributed by atoms with Crippen molar-refractivity contribution in [3.05, 3.63) is 60.4 Å². The average molecular weight is 353 g/mol. The molecule has 5 heteroatoms. The molecular weight excluding hydrogens is 326 g/mol. The van der Waals surface area contributed by atoms with E-state index in [-0.39, 0.29) is 17.7 Å². The number of aromatic nitrogens is 2. The van der Waals surface area contributed by atoms with Gasteiger partial charge in [0.25, 0.3) is 5.91 Å². The number of unbranched alkanes of at least 4 members (excludes halogenated alkanes) is 2. The summed E-state index contributed by atoms with van der Waals surface area (Å²) < 4.78 is 2.01. The van der Waals surface area contributed by atoms with Gasteiger partial charge >= 0.3 is 0 Å². The molecule has 1 amide bonds. The maximum Gasteiger partial charge on any atom is 0.289 e. The molecule has 1 unspecified atom stereocenters. The highest BCUT2D eigenvalue weighted by molar-refractivity contribution is 6.05. The highest BCUT2D eigenvalue weighted by atomic mass is 16.3. The van der Waals surface area contributed by atoms with Crippen molar-refractivity contribution in [1.29, 1.82) is 0 Å². The standard InChI is InChI=1S/C21H27N3O2/c1-2-3-5-11-18-19(17-9-6-4-7-10-17)20(25)21(26)24(18)14-8-13-23-15-12-22-16-23/h4,6-7,9-10,12,15-16,18,25H,2-3,5,8,11,13-14H2,1H3. The second kappa shape index (κ2) is 8.70. The molecule has 1 aliphatic heterocycles. The van der Waals surface area contributed by atoms with Crippen molar-refractivity contribution in [3.63, 3.8) is 0 Å². The maximum atomic E-state index is 12.7. The Balaban J connectivity index is 1.75. The summed E-state index contributed by atoms with van der Waals surface area (Å²) in [6, 6.07) is 9.75. The lowest BCUT2D eigenvalue weighted by Crippen LogP contribution is -2.36. The van der Waals surface area contributed by atoms with Crippen LogP contribution in [-0.2, 0) is 11.3 Å². The van der Waals surface area contributed by atoms with Crippen LogP contribution >= 0.6 is 0 Å². The SMILES string of the molecule is CCCCCC1C(c2ccccc2)=C(O)C(=O)N1CCCn1ccnc1. The number of aliphatic hydroxyl groups is 1. The Morgan fingerprint density at radius 2 is 1.92 bits per heavy atom. The number of aliphatic hydroxyl groups excluding tert-OH is 1. The van der Waals surface area contributed by atoms with E-state index in [0.29, 0.717) is 6.54 Å². The van der Waals surface area contributed by atoms with Crippen molar-refractivity contribution in [3.8, 4) is 0 Å². The molecule has 0 fully saturated rings. The molecule has 0 radical (unpaired) electrons. The Kier molecular flexibility index (Phi) is 6.10. The van der Waals surface area contributed by atoms with Gasteiger partial charge in [-0.05, 0) is 18.4 Å². The predicted molar refractivity (Wildman–Crippen MR) is 102 cm³/mol. The van der Waals surface area contributed by atoms with Gasteiger partial charge in [0.05, 0.1) is 12.4 Å². The van der Waals surface area contributed by atoms with E-state index >= 15 is 0 Å². The highest BCUT2D eigenvalue weighted by Gasteiger charge is 2.39. The van der Waals surface area contributed by atoms with Crippen LogP contribution in [0, 0.1) is 0 Å². The fourth-order valence-corrected chi connectivity index (χ4v) is 3.64. The van der Waals surface area contributed by atoms with E-state index in [2.05, 4.69) is 11.9 Å². The van der Waals surface area contributed by atoms with E-state index < -0.39 is 0 Å². The molecule has 0 bridgehead atoms. The fourth-order valence-electron chi connectivity index (χ4n) is 3.64. The number of hydrogen-bond acceptors (Lipinski definition) is 3. The first-order chi connectivity index (χ1) is 12.7. The van der Waals surface area contributed by atoms with Crippen molar-refractivity contribution in [2.45, 2.75) is 51.6 Å². The summed E-state index contributed by atoms with van der Waals surface area (Å²) in [6.07, 6.45) is 10.5. The molecule has 0 saturated carbocycles. The monoisotopic (exact) mass is 353 g/mol. The van der Waals surface area contributed by atoms with Gasteiger partial charge < -0.3 is 14.6 Å². The summed E-state index contributed by atoms with van der Waals surface area (Å²) in [7, 11) is 0. The molecule has 26 heavy (non-hydrogen) atoms. The van der Waals surface area contributed by atoms with Gasteiger partial charge in [-0.2, -0.15) is 0 Å². The van der Waals surface area contributed by atoms with Gasteiger partial charge in [-0.1, -0.05) is 56.5 Å². The molecule has 1 aliphatic rings. The number of aryl methyl sites for hydroxylation is 1. The Bertz CT molecular complexity index is 738. The van der Waals surface area contributed by atoms with E-state index in [0.717, 1.165) is 49.8 Å². The molecule has 1 atom stereocenters. The second-order valence-corrected chi connectivity index (χ2v) is 6.79. The lowest BCUT2D eigenvalue weighted by molar-refractivity contribution is -0.129. The van der Waals surface area contributed by atoms with Gasteiger partial charge in [0.2, 0.25) is 0 Å². The van der Waals surface area contributed by atoms with Gasteiger partial charge in [-0.25, -0.2) is 4.98 Å². The van der Waals surface area contributed by atoms with Gasteiger partial charge in [-0.3, -0.25) is 4.79 Å². The van der Waals surface area contributed by atoms with E-state index in [4.69, 9.17) is 0 Å². The van der Waals surface area contributed by atoms with E-state index in [1.165, 1.54) is 0 Å². The molecule has 5 nitrogen and oxygen atoms in total. The van der Waals surface area contributed by atoms with Crippen LogP contribution < -0.4 is 0 Å². The van der Waals surface area contributed by atoms with Crippen LogP contribution in [0.3, 0.4) is 0 Å². The smallest absolute Gasteiger partial charge is 0.289 e. The summed E-state index contributed by atoms with van der Waals surface area (Å²) in [4.78, 5) is 18.6. The summed E-state index contributed by atoms with van der Waals surface area (Å²) in [6.45, 7) is 3.62. The molecule has 2 aromatic rings. The molecule has 0 saturated heterocycles. The first-order valence-electron chi connectivity index (χ1n) is 9.47. The van der Waals surface area contributed by atoms with Gasteiger partial charge in [0, 0.05) is 31.1 Å². The maximum absolute atomic E-state index is 12.7. The zero-order valence-corrected chi connectivity index (χ0v) is 15.3. The van der Waals surface area contributed by atoms with Crippen LogP contribution in [0.2, 0.25) is 0 Å². The van der Waals surface area contributed by atoms with Crippen LogP contribution in [0.5, 0.6) is 0 Å². The fraction of sp³-hybridized carbons (Fsp3) is 0.429. The Labute approximate surface area is 155 Å². The molecule has 0 spiro atoms. The van der Waals surface area contributed by atoms with Gasteiger partial charge in [0.1, 0.15) is 0 Å². The topological polar surface area (TPSA) is 58.4 Å². The summed E-state index contributed by atoms with van der Waals surface area (Å²) in [5, 5.41) is 10.6. The average Bonchev–Trinajstić information content (AvgIpc) is 3.25. The Morgan fingerprint density at radius 3 is 2.62 bits per heavy atom.